The number of carbonyl (C=O) groups is 1. The van der Waals surface area contributed by atoms with Crippen LogP contribution in [0.25, 0.3) is 10.2 Å². The quantitative estimate of drug-likeness (QED) is 0.395. The van der Waals surface area contributed by atoms with E-state index in [-0.39, 0.29) is 16.3 Å². The van der Waals surface area contributed by atoms with E-state index in [0.717, 1.165) is 6.42 Å². The van der Waals surface area contributed by atoms with Crippen molar-refractivity contribution in [2.24, 2.45) is 4.99 Å². The fourth-order valence-electron chi connectivity index (χ4n) is 3.46. The summed E-state index contributed by atoms with van der Waals surface area (Å²) >= 11 is 1.24. The highest BCUT2D eigenvalue weighted by molar-refractivity contribution is 7.92. The van der Waals surface area contributed by atoms with Crippen LogP contribution in [0.1, 0.15) is 23.7 Å². The highest BCUT2D eigenvalue weighted by Gasteiger charge is 2.21. The summed E-state index contributed by atoms with van der Waals surface area (Å²) in [5.74, 6) is -0.879. The number of para-hydroxylation sites is 2. The van der Waals surface area contributed by atoms with Gasteiger partial charge in [0.2, 0.25) is 0 Å². The smallest absolute Gasteiger partial charge is 0.279 e. The summed E-state index contributed by atoms with van der Waals surface area (Å²) in [4.78, 5) is 17.5. The summed E-state index contributed by atoms with van der Waals surface area (Å²) < 4.78 is 43.9. The Hall–Kier alpha value is -3.30. The van der Waals surface area contributed by atoms with Gasteiger partial charge in [-0.25, -0.2) is 12.8 Å². The first-order chi connectivity index (χ1) is 15.8. The molecule has 4 rings (SSSR count). The Morgan fingerprint density at radius 1 is 1.03 bits per heavy atom. The molecule has 170 valence electrons. The molecule has 1 amide bonds. The molecule has 0 saturated heterocycles. The molecule has 0 aliphatic carbocycles. The van der Waals surface area contributed by atoms with Gasteiger partial charge >= 0.3 is 0 Å². The van der Waals surface area contributed by atoms with E-state index in [4.69, 9.17) is 0 Å². The van der Waals surface area contributed by atoms with Gasteiger partial charge in [0.05, 0.1) is 20.8 Å². The number of carbonyl (C=O) groups excluding carboxylic acids is 1. The van der Waals surface area contributed by atoms with Crippen LogP contribution < -0.4 is 9.11 Å². The van der Waals surface area contributed by atoms with E-state index < -0.39 is 15.9 Å². The van der Waals surface area contributed by atoms with Crippen LogP contribution in [-0.2, 0) is 16.6 Å². The van der Waals surface area contributed by atoms with Crippen molar-refractivity contribution < 1.29 is 17.6 Å². The molecule has 0 radical (unpaired) electrons. The number of hydrogen-bond donors (Lipinski definition) is 0. The molecule has 0 bridgehead atoms. The van der Waals surface area contributed by atoms with Gasteiger partial charge in [-0.15, -0.1) is 0 Å². The van der Waals surface area contributed by atoms with Crippen LogP contribution in [0.4, 0.5) is 10.1 Å². The van der Waals surface area contributed by atoms with Crippen LogP contribution in [0.3, 0.4) is 0 Å². The van der Waals surface area contributed by atoms with Gasteiger partial charge in [-0.2, -0.15) is 4.99 Å². The minimum absolute atomic E-state index is 0.0652. The van der Waals surface area contributed by atoms with E-state index in [9.17, 15) is 17.6 Å². The standard InChI is InChI=1S/C24H22FN3O3S2/c1-3-16-28-22-20(25)10-7-11-21(22)32-24(28)26-23(29)17-12-14-19(15-13-17)33(30,31)27(2)18-8-5-4-6-9-18/h4-15H,3,16H2,1-2H3. The maximum absolute atomic E-state index is 14.4. The molecule has 33 heavy (non-hydrogen) atoms. The average molecular weight is 484 g/mol. The molecule has 0 aliphatic heterocycles. The molecule has 9 heteroatoms. The first-order valence-electron chi connectivity index (χ1n) is 10.3. The number of hydrogen-bond acceptors (Lipinski definition) is 4. The number of halogens is 1. The topological polar surface area (TPSA) is 71.7 Å². The highest BCUT2D eigenvalue weighted by atomic mass is 32.2. The lowest BCUT2D eigenvalue weighted by Crippen LogP contribution is -2.26. The van der Waals surface area contributed by atoms with Crippen molar-refractivity contribution >= 4 is 43.2 Å². The van der Waals surface area contributed by atoms with Crippen molar-refractivity contribution in [1.29, 1.82) is 0 Å². The zero-order valence-corrected chi connectivity index (χ0v) is 19.7. The minimum Gasteiger partial charge on any atom is -0.314 e. The number of aromatic nitrogens is 1. The highest BCUT2D eigenvalue weighted by Crippen LogP contribution is 2.23. The molecule has 1 heterocycles. The van der Waals surface area contributed by atoms with Crippen LogP contribution in [0.5, 0.6) is 0 Å². The summed E-state index contributed by atoms with van der Waals surface area (Å²) in [6.07, 6.45) is 0.753. The SMILES string of the molecule is CCCn1c(=NC(=O)c2ccc(S(=O)(=O)N(C)c3ccccc3)cc2)sc2cccc(F)c21. The van der Waals surface area contributed by atoms with Gasteiger partial charge in [-0.1, -0.05) is 42.5 Å². The molecule has 0 fully saturated rings. The second-order valence-corrected chi connectivity index (χ2v) is 10.4. The fourth-order valence-corrected chi connectivity index (χ4v) is 5.72. The van der Waals surface area contributed by atoms with E-state index in [1.807, 2.05) is 13.0 Å². The Balaban J connectivity index is 1.67. The van der Waals surface area contributed by atoms with Crippen LogP contribution in [0.2, 0.25) is 0 Å². The molecule has 0 aliphatic rings. The number of aryl methyl sites for hydroxylation is 1. The normalized spacial score (nSPS) is 12.3. The van der Waals surface area contributed by atoms with Crippen LogP contribution in [0.15, 0.2) is 82.7 Å². The van der Waals surface area contributed by atoms with Crippen molar-refractivity contribution in [1.82, 2.24) is 4.57 Å². The van der Waals surface area contributed by atoms with E-state index in [1.165, 1.54) is 53.0 Å². The van der Waals surface area contributed by atoms with Gasteiger partial charge in [0.1, 0.15) is 5.82 Å². The largest absolute Gasteiger partial charge is 0.314 e. The van der Waals surface area contributed by atoms with Gasteiger partial charge in [0.25, 0.3) is 15.9 Å². The molecule has 0 spiro atoms. The molecular weight excluding hydrogens is 461 g/mol. The van der Waals surface area contributed by atoms with Crippen molar-refractivity contribution in [2.75, 3.05) is 11.4 Å². The van der Waals surface area contributed by atoms with Crippen LogP contribution in [-0.4, -0.2) is 25.9 Å². The molecule has 3 aromatic carbocycles. The van der Waals surface area contributed by atoms with Gasteiger partial charge < -0.3 is 4.57 Å². The molecule has 0 N–H and O–H groups in total. The lowest BCUT2D eigenvalue weighted by molar-refractivity contribution is 0.0997. The molecule has 6 nitrogen and oxygen atoms in total. The zero-order valence-electron chi connectivity index (χ0n) is 18.1. The molecule has 0 saturated carbocycles. The monoisotopic (exact) mass is 483 g/mol. The lowest BCUT2D eigenvalue weighted by atomic mass is 10.2. The summed E-state index contributed by atoms with van der Waals surface area (Å²) in [7, 11) is -2.30. The molecule has 1 aromatic heterocycles. The number of fused-ring (bicyclic) bond motifs is 1. The predicted octanol–water partition coefficient (Wildman–Crippen LogP) is 4.82. The number of rotatable bonds is 6. The molecule has 0 atom stereocenters. The number of amides is 1. The zero-order chi connectivity index (χ0) is 23.6. The van der Waals surface area contributed by atoms with Gasteiger partial charge in [0.15, 0.2) is 4.80 Å². The summed E-state index contributed by atoms with van der Waals surface area (Å²) in [6.45, 7) is 2.49. The molecule has 0 unspecified atom stereocenters. The first-order valence-corrected chi connectivity index (χ1v) is 12.6. The third-order valence-electron chi connectivity index (χ3n) is 5.18. The van der Waals surface area contributed by atoms with Crippen molar-refractivity contribution in [3.8, 4) is 0 Å². The summed E-state index contributed by atoms with van der Waals surface area (Å²) in [5, 5.41) is 0. The first kappa shape index (κ1) is 22.9. The van der Waals surface area contributed by atoms with E-state index in [2.05, 4.69) is 4.99 Å². The number of sulfonamides is 1. The van der Waals surface area contributed by atoms with Crippen molar-refractivity contribution in [2.45, 2.75) is 24.8 Å². The second kappa shape index (κ2) is 9.29. The van der Waals surface area contributed by atoms with Crippen LogP contribution in [0, 0.1) is 5.82 Å². The maximum atomic E-state index is 14.4. The predicted molar refractivity (Wildman–Crippen MR) is 128 cm³/mol. The second-order valence-electron chi connectivity index (χ2n) is 7.37. The number of anilines is 1. The Bertz CT molecular complexity index is 1480. The van der Waals surface area contributed by atoms with Gasteiger partial charge in [-0.3, -0.25) is 9.10 Å². The third kappa shape index (κ3) is 4.46. The Morgan fingerprint density at radius 3 is 2.39 bits per heavy atom. The average Bonchev–Trinajstić information content (AvgIpc) is 3.17. The maximum Gasteiger partial charge on any atom is 0.279 e. The Morgan fingerprint density at radius 2 is 1.73 bits per heavy atom. The van der Waals surface area contributed by atoms with Gasteiger partial charge in [0, 0.05) is 19.2 Å². The van der Waals surface area contributed by atoms with Crippen molar-refractivity contribution in [3.63, 3.8) is 0 Å². The Kier molecular flexibility index (Phi) is 6.44. The summed E-state index contributed by atoms with van der Waals surface area (Å²) in [6, 6.07) is 19.2. The third-order valence-corrected chi connectivity index (χ3v) is 8.02. The van der Waals surface area contributed by atoms with E-state index in [1.54, 1.807) is 41.0 Å². The lowest BCUT2D eigenvalue weighted by Gasteiger charge is -2.19. The van der Waals surface area contributed by atoms with Crippen LogP contribution >= 0.6 is 11.3 Å². The number of thiazole rings is 1. The van der Waals surface area contributed by atoms with E-state index in [0.29, 0.717) is 27.3 Å². The molecule has 4 aromatic rings. The number of benzene rings is 3. The summed E-state index contributed by atoms with van der Waals surface area (Å²) in [5.41, 5.74) is 1.21. The Labute approximate surface area is 195 Å². The van der Waals surface area contributed by atoms with E-state index >= 15 is 0 Å². The fraction of sp³-hybridized carbons (Fsp3) is 0.167. The molecular formula is C24H22FN3O3S2. The minimum atomic E-state index is -3.78. The number of nitrogens with zero attached hydrogens (tertiary/aromatic N) is 3. The van der Waals surface area contributed by atoms with Gasteiger partial charge in [-0.05, 0) is 55.0 Å². The van der Waals surface area contributed by atoms with Crippen molar-refractivity contribution in [3.05, 3.63) is 89.0 Å².